The average molecular weight is 248 g/mol. The molecule has 1 aliphatic rings. The molecule has 1 atom stereocenters. The summed E-state index contributed by atoms with van der Waals surface area (Å²) in [4.78, 5) is 11.7. The van der Waals surface area contributed by atoms with E-state index in [1.54, 1.807) is 18.2 Å². The highest BCUT2D eigenvalue weighted by Gasteiger charge is 2.23. The molecule has 1 aromatic rings. The molecule has 96 valence electrons. The van der Waals surface area contributed by atoms with Crippen molar-refractivity contribution in [2.24, 2.45) is 0 Å². The van der Waals surface area contributed by atoms with Crippen LogP contribution in [0.15, 0.2) is 24.8 Å². The van der Waals surface area contributed by atoms with Gasteiger partial charge >= 0.3 is 0 Å². The quantitative estimate of drug-likeness (QED) is 0.765. The highest BCUT2D eigenvalue weighted by Crippen LogP contribution is 2.14. The minimum Gasteiger partial charge on any atom is -0.368 e. The summed E-state index contributed by atoms with van der Waals surface area (Å²) in [5.74, 6) is 0.915. The van der Waals surface area contributed by atoms with Crippen molar-refractivity contribution in [2.75, 3.05) is 23.8 Å². The first-order chi connectivity index (χ1) is 8.79. The summed E-state index contributed by atoms with van der Waals surface area (Å²) in [5, 5.41) is 13.5. The van der Waals surface area contributed by atoms with Crippen LogP contribution >= 0.6 is 0 Å². The highest BCUT2D eigenvalue weighted by molar-refractivity contribution is 5.93. The van der Waals surface area contributed by atoms with E-state index in [0.29, 0.717) is 24.8 Å². The van der Waals surface area contributed by atoms with Crippen molar-refractivity contribution in [2.45, 2.75) is 18.9 Å². The van der Waals surface area contributed by atoms with Crippen molar-refractivity contribution in [1.82, 2.24) is 10.2 Å². The summed E-state index contributed by atoms with van der Waals surface area (Å²) in [6.45, 7) is 4.86. The number of nitrogens with one attached hydrogen (secondary N) is 2. The number of carbonyl (C=O) groups is 1. The van der Waals surface area contributed by atoms with Crippen LogP contribution in [0, 0.1) is 0 Å². The van der Waals surface area contributed by atoms with Gasteiger partial charge in [0.2, 0.25) is 0 Å². The molecule has 0 radical (unpaired) electrons. The van der Waals surface area contributed by atoms with E-state index in [1.165, 1.54) is 0 Å². The van der Waals surface area contributed by atoms with E-state index in [9.17, 15) is 4.79 Å². The molecule has 1 aliphatic heterocycles. The van der Waals surface area contributed by atoms with Gasteiger partial charge in [0.25, 0.3) is 5.91 Å². The Balaban J connectivity index is 1.89. The molecule has 0 saturated carbocycles. The first-order valence-electron chi connectivity index (χ1n) is 5.90. The fourth-order valence-corrected chi connectivity index (χ4v) is 1.66. The number of anilines is 2. The zero-order chi connectivity index (χ0) is 12.8. The molecule has 0 aliphatic carbocycles. The first kappa shape index (κ1) is 12.5. The second-order valence-corrected chi connectivity index (χ2v) is 3.96. The summed E-state index contributed by atoms with van der Waals surface area (Å²) in [5.41, 5.74) is 0. The number of carbonyl (C=O) groups excluding carboxylic acids is 1. The number of aromatic nitrogens is 2. The third-order valence-corrected chi connectivity index (χ3v) is 2.57. The lowest BCUT2D eigenvalue weighted by molar-refractivity contribution is -0.124. The normalized spacial score (nSPS) is 18.3. The Hall–Kier alpha value is -1.95. The molecule has 1 fully saturated rings. The Morgan fingerprint density at radius 2 is 2.28 bits per heavy atom. The number of ether oxygens (including phenoxy) is 1. The highest BCUT2D eigenvalue weighted by atomic mass is 16.5. The minimum atomic E-state index is -0.356. The van der Waals surface area contributed by atoms with Crippen LogP contribution in [0.4, 0.5) is 11.6 Å². The lowest BCUT2D eigenvalue weighted by Crippen LogP contribution is -2.27. The molecular formula is C12H16N4O2. The molecule has 6 nitrogen and oxygen atoms in total. The second-order valence-electron chi connectivity index (χ2n) is 3.96. The monoisotopic (exact) mass is 248 g/mol. The van der Waals surface area contributed by atoms with E-state index in [4.69, 9.17) is 4.74 Å². The van der Waals surface area contributed by atoms with E-state index in [2.05, 4.69) is 27.4 Å². The van der Waals surface area contributed by atoms with E-state index in [1.807, 2.05) is 0 Å². The maximum Gasteiger partial charge on any atom is 0.254 e. The first-order valence-corrected chi connectivity index (χ1v) is 5.90. The Labute approximate surface area is 105 Å². The Morgan fingerprint density at radius 1 is 1.50 bits per heavy atom. The lowest BCUT2D eigenvalue weighted by atomic mass is 10.2. The second kappa shape index (κ2) is 6.11. The molecule has 0 spiro atoms. The van der Waals surface area contributed by atoms with Gasteiger partial charge in [0.1, 0.15) is 11.9 Å². The molecule has 0 aromatic carbocycles. The largest absolute Gasteiger partial charge is 0.368 e. The van der Waals surface area contributed by atoms with Crippen molar-refractivity contribution in [3.63, 3.8) is 0 Å². The van der Waals surface area contributed by atoms with Crippen LogP contribution in [0.5, 0.6) is 0 Å². The minimum absolute atomic E-state index is 0.159. The number of rotatable bonds is 5. The lowest BCUT2D eigenvalue weighted by Gasteiger charge is -2.09. The predicted molar refractivity (Wildman–Crippen MR) is 68.3 cm³/mol. The van der Waals surface area contributed by atoms with Crippen LogP contribution in [0.25, 0.3) is 0 Å². The smallest absolute Gasteiger partial charge is 0.254 e. The van der Waals surface area contributed by atoms with Crippen LogP contribution in [0.2, 0.25) is 0 Å². The van der Waals surface area contributed by atoms with E-state index in [-0.39, 0.29) is 12.0 Å². The van der Waals surface area contributed by atoms with Crippen LogP contribution in [0.1, 0.15) is 12.8 Å². The maximum absolute atomic E-state index is 11.7. The van der Waals surface area contributed by atoms with Crippen molar-refractivity contribution in [3.05, 3.63) is 24.8 Å². The Morgan fingerprint density at radius 3 is 2.89 bits per heavy atom. The van der Waals surface area contributed by atoms with Gasteiger partial charge in [0.15, 0.2) is 5.82 Å². The fourth-order valence-electron chi connectivity index (χ4n) is 1.66. The van der Waals surface area contributed by atoms with Gasteiger partial charge in [-0.2, -0.15) is 0 Å². The van der Waals surface area contributed by atoms with Crippen molar-refractivity contribution >= 4 is 17.5 Å². The van der Waals surface area contributed by atoms with Crippen molar-refractivity contribution in [3.8, 4) is 0 Å². The third kappa shape index (κ3) is 3.27. The maximum atomic E-state index is 11.7. The number of hydrogen-bond acceptors (Lipinski definition) is 5. The van der Waals surface area contributed by atoms with Crippen LogP contribution in [0.3, 0.4) is 0 Å². The van der Waals surface area contributed by atoms with Crippen LogP contribution < -0.4 is 10.6 Å². The molecule has 2 N–H and O–H groups in total. The van der Waals surface area contributed by atoms with Gasteiger partial charge < -0.3 is 15.4 Å². The summed E-state index contributed by atoms with van der Waals surface area (Å²) in [7, 11) is 0. The summed E-state index contributed by atoms with van der Waals surface area (Å²) in [6, 6.07) is 3.45. The van der Waals surface area contributed by atoms with Crippen LogP contribution in [-0.2, 0) is 9.53 Å². The Bertz CT molecular complexity index is 413. The van der Waals surface area contributed by atoms with Gasteiger partial charge in [-0.3, -0.25) is 4.79 Å². The molecule has 6 heteroatoms. The zero-order valence-corrected chi connectivity index (χ0v) is 10.1. The van der Waals surface area contributed by atoms with Gasteiger partial charge in [-0.1, -0.05) is 6.08 Å². The number of nitrogens with zero attached hydrogens (tertiary/aromatic N) is 2. The predicted octanol–water partition coefficient (Wildman–Crippen LogP) is 1.19. The molecule has 2 rings (SSSR count). The fraction of sp³-hybridized carbons (Fsp3) is 0.417. The van der Waals surface area contributed by atoms with Gasteiger partial charge in [-0.15, -0.1) is 16.8 Å². The molecule has 1 aromatic heterocycles. The van der Waals surface area contributed by atoms with Gasteiger partial charge in [-0.25, -0.2) is 0 Å². The summed E-state index contributed by atoms with van der Waals surface area (Å²) in [6.07, 6.45) is 3.06. The van der Waals surface area contributed by atoms with Crippen molar-refractivity contribution in [1.29, 1.82) is 0 Å². The third-order valence-electron chi connectivity index (χ3n) is 2.57. The summed E-state index contributed by atoms with van der Waals surface area (Å²) < 4.78 is 5.28. The number of amides is 1. The van der Waals surface area contributed by atoms with Gasteiger partial charge in [0, 0.05) is 13.2 Å². The standard InChI is InChI=1S/C12H16N4O2/c1-2-7-13-10-5-6-11(16-15-10)14-12(17)9-4-3-8-18-9/h2,5-6,9H,1,3-4,7-8H2,(H,13,15)(H,14,16,17). The van der Waals surface area contributed by atoms with E-state index < -0.39 is 0 Å². The van der Waals surface area contributed by atoms with Crippen molar-refractivity contribution < 1.29 is 9.53 Å². The SMILES string of the molecule is C=CCNc1ccc(NC(=O)C2CCCO2)nn1. The average Bonchev–Trinajstić information content (AvgIpc) is 2.92. The number of hydrogen-bond donors (Lipinski definition) is 2. The molecule has 2 heterocycles. The molecule has 1 unspecified atom stereocenters. The molecule has 0 bridgehead atoms. The van der Waals surface area contributed by atoms with Crippen LogP contribution in [-0.4, -0.2) is 35.4 Å². The zero-order valence-electron chi connectivity index (χ0n) is 10.1. The van der Waals surface area contributed by atoms with E-state index in [0.717, 1.165) is 12.8 Å². The topological polar surface area (TPSA) is 76.1 Å². The van der Waals surface area contributed by atoms with E-state index >= 15 is 0 Å². The Kier molecular flexibility index (Phi) is 4.25. The molecule has 1 amide bonds. The molecule has 18 heavy (non-hydrogen) atoms. The molecule has 1 saturated heterocycles. The van der Waals surface area contributed by atoms with Gasteiger partial charge in [-0.05, 0) is 25.0 Å². The summed E-state index contributed by atoms with van der Waals surface area (Å²) >= 11 is 0. The molecular weight excluding hydrogens is 232 g/mol. The van der Waals surface area contributed by atoms with Gasteiger partial charge in [0.05, 0.1) is 0 Å².